The second-order valence-corrected chi connectivity index (χ2v) is 4.78. The van der Waals surface area contributed by atoms with E-state index in [-0.39, 0.29) is 6.04 Å². The number of aliphatic hydroxyl groups excluding tert-OH is 1. The van der Waals surface area contributed by atoms with Crippen LogP contribution < -0.4 is 5.32 Å². The van der Waals surface area contributed by atoms with Crippen LogP contribution in [0.5, 0.6) is 0 Å². The van der Waals surface area contributed by atoms with Crippen molar-refractivity contribution in [3.8, 4) is 0 Å². The Morgan fingerprint density at radius 3 is 2.47 bits per heavy atom. The van der Waals surface area contributed by atoms with Crippen LogP contribution in [0.3, 0.4) is 0 Å². The van der Waals surface area contributed by atoms with Crippen LogP contribution in [0, 0.1) is 0 Å². The van der Waals surface area contributed by atoms with Gasteiger partial charge in [0.05, 0.1) is 6.10 Å². The highest BCUT2D eigenvalue weighted by molar-refractivity contribution is 6.36. The van der Waals surface area contributed by atoms with Gasteiger partial charge in [-0.25, -0.2) is 0 Å². The molecule has 1 aromatic rings. The Morgan fingerprint density at radius 2 is 2.00 bits per heavy atom. The summed E-state index contributed by atoms with van der Waals surface area (Å²) in [5.74, 6) is 0. The summed E-state index contributed by atoms with van der Waals surface area (Å²) in [6.45, 7) is 5.94. The molecule has 17 heavy (non-hydrogen) atoms. The van der Waals surface area contributed by atoms with Crippen LogP contribution >= 0.6 is 23.2 Å². The van der Waals surface area contributed by atoms with E-state index in [1.54, 1.807) is 13.0 Å². The Bertz CT molecular complexity index is 359. The molecule has 1 aromatic carbocycles. The lowest BCUT2D eigenvalue weighted by molar-refractivity contribution is 0.186. The fourth-order valence-electron chi connectivity index (χ4n) is 1.63. The van der Waals surface area contributed by atoms with E-state index >= 15 is 0 Å². The molecule has 0 fully saturated rings. The lowest BCUT2D eigenvalue weighted by Crippen LogP contribution is -2.29. The zero-order valence-electron chi connectivity index (χ0n) is 9.79. The quantitative estimate of drug-likeness (QED) is 0.777. The highest BCUT2D eigenvalue weighted by atomic mass is 35.5. The molecular formula is C13H17Cl2NO. The molecule has 4 heteroatoms. The van der Waals surface area contributed by atoms with E-state index in [4.69, 9.17) is 23.2 Å². The number of benzene rings is 1. The number of halogens is 2. The molecule has 2 nitrogen and oxygen atoms in total. The van der Waals surface area contributed by atoms with Crippen molar-refractivity contribution in [1.82, 2.24) is 5.32 Å². The van der Waals surface area contributed by atoms with Crippen molar-refractivity contribution < 1.29 is 5.11 Å². The van der Waals surface area contributed by atoms with Gasteiger partial charge >= 0.3 is 0 Å². The SMILES string of the molecule is C=CCC(NCC(C)O)c1c(Cl)cccc1Cl. The molecule has 2 N–H and O–H groups in total. The molecule has 0 amide bonds. The second kappa shape index (κ2) is 7.02. The lowest BCUT2D eigenvalue weighted by Gasteiger charge is -2.21. The highest BCUT2D eigenvalue weighted by Crippen LogP contribution is 2.32. The minimum atomic E-state index is -0.413. The van der Waals surface area contributed by atoms with Gasteiger partial charge in [0, 0.05) is 28.2 Å². The van der Waals surface area contributed by atoms with Crippen LogP contribution in [0.25, 0.3) is 0 Å². The number of rotatable bonds is 6. The maximum absolute atomic E-state index is 9.30. The minimum absolute atomic E-state index is 0.0247. The molecule has 2 unspecified atom stereocenters. The Morgan fingerprint density at radius 1 is 1.41 bits per heavy atom. The van der Waals surface area contributed by atoms with E-state index < -0.39 is 6.10 Å². The largest absolute Gasteiger partial charge is 0.392 e. The summed E-state index contributed by atoms with van der Waals surface area (Å²) in [5, 5.41) is 13.8. The fourth-order valence-corrected chi connectivity index (χ4v) is 2.29. The van der Waals surface area contributed by atoms with Crippen molar-refractivity contribution in [2.45, 2.75) is 25.5 Å². The molecule has 0 bridgehead atoms. The molecule has 2 atom stereocenters. The van der Waals surface area contributed by atoms with Crippen molar-refractivity contribution in [3.05, 3.63) is 46.5 Å². The van der Waals surface area contributed by atoms with Crippen LogP contribution in [0.4, 0.5) is 0 Å². The summed E-state index contributed by atoms with van der Waals surface area (Å²) in [4.78, 5) is 0. The molecule has 0 aromatic heterocycles. The molecule has 0 heterocycles. The van der Waals surface area contributed by atoms with Crippen LogP contribution in [-0.4, -0.2) is 17.8 Å². The molecule has 94 valence electrons. The average Bonchev–Trinajstić information content (AvgIpc) is 2.25. The molecule has 0 aliphatic rings. The van der Waals surface area contributed by atoms with Crippen molar-refractivity contribution in [1.29, 1.82) is 0 Å². The maximum atomic E-state index is 9.30. The van der Waals surface area contributed by atoms with Gasteiger partial charge in [-0.1, -0.05) is 35.3 Å². The third-order valence-corrected chi connectivity index (χ3v) is 3.07. The lowest BCUT2D eigenvalue weighted by atomic mass is 10.0. The van der Waals surface area contributed by atoms with Crippen LogP contribution in [-0.2, 0) is 0 Å². The molecule has 0 saturated carbocycles. The minimum Gasteiger partial charge on any atom is -0.392 e. The summed E-state index contributed by atoms with van der Waals surface area (Å²) >= 11 is 12.3. The van der Waals surface area contributed by atoms with E-state index in [2.05, 4.69) is 11.9 Å². The predicted molar refractivity (Wildman–Crippen MR) is 73.7 cm³/mol. The topological polar surface area (TPSA) is 32.3 Å². The summed E-state index contributed by atoms with van der Waals surface area (Å²) in [5.41, 5.74) is 0.858. The zero-order chi connectivity index (χ0) is 12.8. The van der Waals surface area contributed by atoms with Gasteiger partial charge in [-0.05, 0) is 25.5 Å². The monoisotopic (exact) mass is 273 g/mol. The standard InChI is InChI=1S/C13H17Cl2NO/c1-3-5-12(16-8-9(2)17)13-10(14)6-4-7-11(13)15/h3-4,6-7,9,12,16-17H,1,5,8H2,2H3. The highest BCUT2D eigenvalue weighted by Gasteiger charge is 2.16. The predicted octanol–water partition coefficient (Wildman–Crippen LogP) is 3.58. The maximum Gasteiger partial charge on any atom is 0.0636 e. The first kappa shape index (κ1) is 14.5. The first-order valence-electron chi connectivity index (χ1n) is 5.52. The van der Waals surface area contributed by atoms with Crippen molar-refractivity contribution in [3.63, 3.8) is 0 Å². The molecule has 0 radical (unpaired) electrons. The number of aliphatic hydroxyl groups is 1. The molecule has 0 spiro atoms. The number of nitrogens with one attached hydrogen (secondary N) is 1. The van der Waals surface area contributed by atoms with Gasteiger partial charge in [0.2, 0.25) is 0 Å². The summed E-state index contributed by atoms with van der Waals surface area (Å²) in [6, 6.07) is 5.41. The third-order valence-electron chi connectivity index (χ3n) is 2.41. The van der Waals surface area contributed by atoms with Crippen molar-refractivity contribution >= 4 is 23.2 Å². The van der Waals surface area contributed by atoms with Crippen LogP contribution in [0.15, 0.2) is 30.9 Å². The Hall–Kier alpha value is -0.540. The first-order chi connectivity index (χ1) is 8.06. The van der Waals surface area contributed by atoms with E-state index in [0.29, 0.717) is 23.0 Å². The summed E-state index contributed by atoms with van der Waals surface area (Å²) < 4.78 is 0. The Balaban J connectivity index is 2.92. The fraction of sp³-hybridized carbons (Fsp3) is 0.385. The molecule has 0 saturated heterocycles. The van der Waals surface area contributed by atoms with Gasteiger partial charge < -0.3 is 10.4 Å². The van der Waals surface area contributed by atoms with E-state index in [1.165, 1.54) is 0 Å². The Kier molecular flexibility index (Phi) is 6.00. The van der Waals surface area contributed by atoms with Gasteiger partial charge in [0.15, 0.2) is 0 Å². The summed E-state index contributed by atoms with van der Waals surface area (Å²) in [7, 11) is 0. The van der Waals surface area contributed by atoms with Gasteiger partial charge in [-0.2, -0.15) is 0 Å². The Labute approximate surface area is 112 Å². The van der Waals surface area contributed by atoms with Crippen LogP contribution in [0.1, 0.15) is 24.9 Å². The molecule has 0 aliphatic carbocycles. The van der Waals surface area contributed by atoms with Gasteiger partial charge in [0.1, 0.15) is 0 Å². The average molecular weight is 274 g/mol. The van der Waals surface area contributed by atoms with Gasteiger partial charge in [0.25, 0.3) is 0 Å². The van der Waals surface area contributed by atoms with Crippen molar-refractivity contribution in [2.75, 3.05) is 6.54 Å². The molecule has 1 rings (SSSR count). The molecule has 0 aliphatic heterocycles. The second-order valence-electron chi connectivity index (χ2n) is 3.97. The van der Waals surface area contributed by atoms with Crippen molar-refractivity contribution in [2.24, 2.45) is 0 Å². The zero-order valence-corrected chi connectivity index (χ0v) is 11.3. The van der Waals surface area contributed by atoms with E-state index in [9.17, 15) is 5.11 Å². The third kappa shape index (κ3) is 4.32. The van der Waals surface area contributed by atoms with E-state index in [1.807, 2.05) is 18.2 Å². The normalized spacial score (nSPS) is 14.4. The molecular weight excluding hydrogens is 257 g/mol. The first-order valence-corrected chi connectivity index (χ1v) is 6.28. The number of hydrogen-bond acceptors (Lipinski definition) is 2. The summed E-state index contributed by atoms with van der Waals surface area (Å²) in [6.07, 6.45) is 2.10. The number of hydrogen-bond donors (Lipinski definition) is 2. The van der Waals surface area contributed by atoms with Gasteiger partial charge in [-0.3, -0.25) is 0 Å². The van der Waals surface area contributed by atoms with Gasteiger partial charge in [-0.15, -0.1) is 6.58 Å². The smallest absolute Gasteiger partial charge is 0.0636 e. The van der Waals surface area contributed by atoms with E-state index in [0.717, 1.165) is 5.56 Å². The van der Waals surface area contributed by atoms with Crippen LogP contribution in [0.2, 0.25) is 10.0 Å².